The van der Waals surface area contributed by atoms with Gasteiger partial charge in [-0.2, -0.15) is 0 Å². The Bertz CT molecular complexity index is 552. The second kappa shape index (κ2) is 5.19. The molecule has 0 aliphatic rings. The van der Waals surface area contributed by atoms with Gasteiger partial charge in [0, 0.05) is 11.6 Å². The third-order valence-electron chi connectivity index (χ3n) is 2.90. The van der Waals surface area contributed by atoms with E-state index in [0.29, 0.717) is 11.3 Å². The van der Waals surface area contributed by atoms with Crippen LogP contribution < -0.4 is 10.5 Å². The standard InChI is InChI=1S/C15H16FNO/c1-10(17)11-6-7-15(16)14(9-11)12-4-3-5-13(8-12)18-2/h3-10H,17H2,1-2H3. The molecule has 94 valence electrons. The summed E-state index contributed by atoms with van der Waals surface area (Å²) in [5.74, 6) is 0.450. The van der Waals surface area contributed by atoms with Crippen LogP contribution in [-0.4, -0.2) is 7.11 Å². The highest BCUT2D eigenvalue weighted by Gasteiger charge is 2.09. The van der Waals surface area contributed by atoms with Gasteiger partial charge in [0.05, 0.1) is 7.11 Å². The van der Waals surface area contributed by atoms with Crippen LogP contribution in [0.4, 0.5) is 4.39 Å². The average molecular weight is 245 g/mol. The van der Waals surface area contributed by atoms with Crippen LogP contribution in [0.1, 0.15) is 18.5 Å². The van der Waals surface area contributed by atoms with Gasteiger partial charge in [-0.1, -0.05) is 18.2 Å². The molecule has 0 aromatic heterocycles. The third-order valence-corrected chi connectivity index (χ3v) is 2.90. The third kappa shape index (κ3) is 2.51. The van der Waals surface area contributed by atoms with Crippen molar-refractivity contribution < 1.29 is 9.13 Å². The van der Waals surface area contributed by atoms with Crippen LogP contribution in [0.15, 0.2) is 42.5 Å². The van der Waals surface area contributed by atoms with Gasteiger partial charge in [0.15, 0.2) is 0 Å². The van der Waals surface area contributed by atoms with Crippen molar-refractivity contribution in [3.63, 3.8) is 0 Å². The molecular weight excluding hydrogens is 229 g/mol. The second-order valence-electron chi connectivity index (χ2n) is 4.26. The zero-order chi connectivity index (χ0) is 13.1. The van der Waals surface area contributed by atoms with E-state index in [0.717, 1.165) is 11.1 Å². The van der Waals surface area contributed by atoms with Crippen LogP contribution in [0.25, 0.3) is 11.1 Å². The fraction of sp³-hybridized carbons (Fsp3) is 0.200. The van der Waals surface area contributed by atoms with E-state index in [2.05, 4.69) is 0 Å². The Morgan fingerprint density at radius 3 is 2.61 bits per heavy atom. The normalized spacial score (nSPS) is 12.2. The van der Waals surface area contributed by atoms with Crippen molar-refractivity contribution in [3.05, 3.63) is 53.8 Å². The summed E-state index contributed by atoms with van der Waals surface area (Å²) < 4.78 is 19.0. The van der Waals surface area contributed by atoms with Crippen LogP contribution in [-0.2, 0) is 0 Å². The van der Waals surface area contributed by atoms with Crippen molar-refractivity contribution in [2.75, 3.05) is 7.11 Å². The number of hydrogen-bond donors (Lipinski definition) is 1. The molecule has 2 nitrogen and oxygen atoms in total. The van der Waals surface area contributed by atoms with Gasteiger partial charge in [-0.3, -0.25) is 0 Å². The number of benzene rings is 2. The number of rotatable bonds is 3. The van der Waals surface area contributed by atoms with E-state index < -0.39 is 0 Å². The molecule has 0 radical (unpaired) electrons. The second-order valence-corrected chi connectivity index (χ2v) is 4.26. The molecule has 0 aliphatic carbocycles. The number of hydrogen-bond acceptors (Lipinski definition) is 2. The van der Waals surface area contributed by atoms with Crippen LogP contribution in [0.3, 0.4) is 0 Å². The van der Waals surface area contributed by atoms with E-state index in [1.165, 1.54) is 6.07 Å². The first kappa shape index (κ1) is 12.6. The average Bonchev–Trinajstić information content (AvgIpc) is 2.39. The molecular formula is C15H16FNO. The summed E-state index contributed by atoms with van der Waals surface area (Å²) in [7, 11) is 1.59. The zero-order valence-electron chi connectivity index (χ0n) is 10.5. The van der Waals surface area contributed by atoms with Crippen LogP contribution >= 0.6 is 0 Å². The summed E-state index contributed by atoms with van der Waals surface area (Å²) in [6.07, 6.45) is 0. The molecule has 2 aromatic carbocycles. The van der Waals surface area contributed by atoms with Crippen molar-refractivity contribution >= 4 is 0 Å². The first-order valence-electron chi connectivity index (χ1n) is 5.81. The molecule has 1 atom stereocenters. The highest BCUT2D eigenvalue weighted by atomic mass is 19.1. The topological polar surface area (TPSA) is 35.2 Å². The van der Waals surface area contributed by atoms with Crippen molar-refractivity contribution in [2.45, 2.75) is 13.0 Å². The summed E-state index contributed by atoms with van der Waals surface area (Å²) in [5.41, 5.74) is 8.06. The summed E-state index contributed by atoms with van der Waals surface area (Å²) in [6.45, 7) is 1.88. The highest BCUT2D eigenvalue weighted by Crippen LogP contribution is 2.28. The minimum Gasteiger partial charge on any atom is -0.497 e. The summed E-state index contributed by atoms with van der Waals surface area (Å²) in [4.78, 5) is 0. The SMILES string of the molecule is COc1cccc(-c2cc(C(C)N)ccc2F)c1. The lowest BCUT2D eigenvalue weighted by Crippen LogP contribution is -2.05. The number of ether oxygens (including phenoxy) is 1. The van der Waals surface area contributed by atoms with Gasteiger partial charge < -0.3 is 10.5 Å². The molecule has 2 rings (SSSR count). The van der Waals surface area contributed by atoms with E-state index in [4.69, 9.17) is 10.5 Å². The maximum absolute atomic E-state index is 13.9. The Labute approximate surface area is 106 Å². The molecule has 2 aromatic rings. The van der Waals surface area contributed by atoms with Crippen molar-refractivity contribution in [1.82, 2.24) is 0 Å². The molecule has 18 heavy (non-hydrogen) atoms. The predicted octanol–water partition coefficient (Wildman–Crippen LogP) is 3.52. The predicted molar refractivity (Wildman–Crippen MR) is 71.0 cm³/mol. The number of nitrogens with two attached hydrogens (primary N) is 1. The quantitative estimate of drug-likeness (QED) is 0.898. The lowest BCUT2D eigenvalue weighted by Gasteiger charge is -2.10. The number of methoxy groups -OCH3 is 1. The minimum absolute atomic E-state index is 0.116. The number of halogens is 1. The van der Waals surface area contributed by atoms with Gasteiger partial charge >= 0.3 is 0 Å². The van der Waals surface area contributed by atoms with Crippen LogP contribution in [0.2, 0.25) is 0 Å². The smallest absolute Gasteiger partial charge is 0.131 e. The Morgan fingerprint density at radius 2 is 1.94 bits per heavy atom. The van der Waals surface area contributed by atoms with Gasteiger partial charge in [0.1, 0.15) is 11.6 Å². The summed E-state index contributed by atoms with van der Waals surface area (Å²) >= 11 is 0. The summed E-state index contributed by atoms with van der Waals surface area (Å²) in [6, 6.07) is 12.2. The minimum atomic E-state index is -0.257. The van der Waals surface area contributed by atoms with Crippen molar-refractivity contribution in [1.29, 1.82) is 0 Å². The molecule has 0 aliphatic heterocycles. The molecule has 0 bridgehead atoms. The molecule has 3 heteroatoms. The van der Waals surface area contributed by atoms with Gasteiger partial charge in [-0.15, -0.1) is 0 Å². The Balaban J connectivity index is 2.51. The molecule has 0 saturated carbocycles. The van der Waals surface area contributed by atoms with E-state index in [1.807, 2.05) is 31.2 Å². The maximum atomic E-state index is 13.9. The molecule has 0 spiro atoms. The van der Waals surface area contributed by atoms with Crippen molar-refractivity contribution in [2.24, 2.45) is 5.73 Å². The van der Waals surface area contributed by atoms with E-state index in [1.54, 1.807) is 19.2 Å². The first-order chi connectivity index (χ1) is 8.61. The Hall–Kier alpha value is -1.87. The van der Waals surface area contributed by atoms with E-state index in [9.17, 15) is 4.39 Å². The monoisotopic (exact) mass is 245 g/mol. The van der Waals surface area contributed by atoms with Gasteiger partial charge in [-0.05, 0) is 42.3 Å². The van der Waals surface area contributed by atoms with Crippen molar-refractivity contribution in [3.8, 4) is 16.9 Å². The first-order valence-corrected chi connectivity index (χ1v) is 5.81. The lowest BCUT2D eigenvalue weighted by molar-refractivity contribution is 0.415. The largest absolute Gasteiger partial charge is 0.497 e. The van der Waals surface area contributed by atoms with Gasteiger partial charge in [0.25, 0.3) is 0 Å². The maximum Gasteiger partial charge on any atom is 0.131 e. The molecule has 2 N–H and O–H groups in total. The van der Waals surface area contributed by atoms with Crippen LogP contribution in [0, 0.1) is 5.82 Å². The summed E-state index contributed by atoms with van der Waals surface area (Å²) in [5, 5.41) is 0. The molecule has 0 saturated heterocycles. The molecule has 1 unspecified atom stereocenters. The molecule has 0 fully saturated rings. The van der Waals surface area contributed by atoms with Gasteiger partial charge in [0.2, 0.25) is 0 Å². The fourth-order valence-corrected chi connectivity index (χ4v) is 1.84. The lowest BCUT2D eigenvalue weighted by atomic mass is 9.99. The van der Waals surface area contributed by atoms with Crippen LogP contribution in [0.5, 0.6) is 5.75 Å². The van der Waals surface area contributed by atoms with E-state index in [-0.39, 0.29) is 11.9 Å². The fourth-order valence-electron chi connectivity index (χ4n) is 1.84. The highest BCUT2D eigenvalue weighted by molar-refractivity contribution is 5.66. The Kier molecular flexibility index (Phi) is 3.63. The zero-order valence-corrected chi connectivity index (χ0v) is 10.5. The molecule has 0 amide bonds. The Morgan fingerprint density at radius 1 is 1.17 bits per heavy atom. The van der Waals surface area contributed by atoms with E-state index >= 15 is 0 Å². The van der Waals surface area contributed by atoms with Gasteiger partial charge in [-0.25, -0.2) is 4.39 Å². The molecule has 0 heterocycles.